The first-order valence-corrected chi connectivity index (χ1v) is 10.4. The Morgan fingerprint density at radius 1 is 1.00 bits per heavy atom. The van der Waals surface area contributed by atoms with Gasteiger partial charge >= 0.3 is 0 Å². The predicted octanol–water partition coefficient (Wildman–Crippen LogP) is 1.21. The van der Waals surface area contributed by atoms with E-state index >= 15 is 0 Å². The molecule has 3 unspecified atom stereocenters. The molecule has 0 spiro atoms. The lowest BCUT2D eigenvalue weighted by Gasteiger charge is -2.36. The lowest BCUT2D eigenvalue weighted by Crippen LogP contribution is -2.56. The van der Waals surface area contributed by atoms with Gasteiger partial charge in [-0.2, -0.15) is 0 Å². The van der Waals surface area contributed by atoms with E-state index in [1.54, 1.807) is 0 Å². The van der Waals surface area contributed by atoms with Crippen molar-refractivity contribution in [3.05, 3.63) is 34.3 Å². The van der Waals surface area contributed by atoms with Crippen molar-refractivity contribution in [1.82, 2.24) is 20.7 Å². The van der Waals surface area contributed by atoms with E-state index in [9.17, 15) is 9.59 Å². The fourth-order valence-corrected chi connectivity index (χ4v) is 4.24. The van der Waals surface area contributed by atoms with Crippen molar-refractivity contribution in [3.63, 3.8) is 0 Å². The van der Waals surface area contributed by atoms with Crippen LogP contribution in [-0.4, -0.2) is 66.5 Å². The zero-order valence-electron chi connectivity index (χ0n) is 15.2. The lowest BCUT2D eigenvalue weighted by atomic mass is 10.0. The minimum Gasteiger partial charge on any atom is -0.368 e. The Kier molecular flexibility index (Phi) is 5.77. The van der Waals surface area contributed by atoms with Gasteiger partial charge in [-0.05, 0) is 37.0 Å². The number of nitrogens with zero attached hydrogens (tertiary/aromatic N) is 2. The molecule has 8 heteroatoms. The third kappa shape index (κ3) is 4.18. The molecule has 4 rings (SSSR count). The van der Waals surface area contributed by atoms with Crippen molar-refractivity contribution in [3.8, 4) is 0 Å². The van der Waals surface area contributed by atoms with Gasteiger partial charge in [0.25, 0.3) is 5.91 Å². The van der Waals surface area contributed by atoms with Crippen molar-refractivity contribution in [2.24, 2.45) is 0 Å². The zero-order chi connectivity index (χ0) is 18.8. The second-order valence-electron chi connectivity index (χ2n) is 7.33. The van der Waals surface area contributed by atoms with E-state index in [-0.39, 0.29) is 30.0 Å². The second kappa shape index (κ2) is 8.26. The molecule has 3 aliphatic rings. The summed E-state index contributed by atoms with van der Waals surface area (Å²) in [4.78, 5) is 29.0. The maximum atomic E-state index is 12.9. The number of hydrogen-bond donors (Lipinski definition) is 2. The van der Waals surface area contributed by atoms with Crippen molar-refractivity contribution < 1.29 is 14.3 Å². The van der Waals surface area contributed by atoms with Crippen LogP contribution in [0.2, 0.25) is 0 Å². The average molecular weight is 437 g/mol. The topological polar surface area (TPSA) is 73.9 Å². The molecule has 3 atom stereocenters. The lowest BCUT2D eigenvalue weighted by molar-refractivity contribution is -0.146. The molecule has 7 nitrogen and oxygen atoms in total. The number of halogens is 1. The molecule has 0 aromatic heterocycles. The van der Waals surface area contributed by atoms with Gasteiger partial charge < -0.3 is 14.5 Å². The van der Waals surface area contributed by atoms with Crippen molar-refractivity contribution in [1.29, 1.82) is 0 Å². The van der Waals surface area contributed by atoms with E-state index in [4.69, 9.17) is 4.74 Å². The van der Waals surface area contributed by atoms with Crippen LogP contribution in [0.15, 0.2) is 28.7 Å². The van der Waals surface area contributed by atoms with Crippen molar-refractivity contribution in [2.45, 2.75) is 37.5 Å². The first-order chi connectivity index (χ1) is 13.1. The smallest absolute Gasteiger partial charge is 0.251 e. The van der Waals surface area contributed by atoms with E-state index in [0.29, 0.717) is 32.8 Å². The van der Waals surface area contributed by atoms with Gasteiger partial charge in [0.1, 0.15) is 12.1 Å². The molecule has 3 aliphatic heterocycles. The number of amides is 2. The van der Waals surface area contributed by atoms with Crippen LogP contribution in [0.3, 0.4) is 0 Å². The van der Waals surface area contributed by atoms with Crippen LogP contribution < -0.4 is 10.9 Å². The Hall–Kier alpha value is -1.48. The second-order valence-corrected chi connectivity index (χ2v) is 8.25. The molecule has 1 aromatic carbocycles. The predicted molar refractivity (Wildman–Crippen MR) is 104 cm³/mol. The largest absolute Gasteiger partial charge is 0.368 e. The van der Waals surface area contributed by atoms with Crippen molar-refractivity contribution >= 4 is 27.7 Å². The molecule has 146 valence electrons. The molecular formula is C19H25BrN4O3. The van der Waals surface area contributed by atoms with Crippen molar-refractivity contribution in [2.75, 3.05) is 32.8 Å². The molecule has 1 aromatic rings. The summed E-state index contributed by atoms with van der Waals surface area (Å²) in [6.07, 6.45) is 2.21. The Morgan fingerprint density at radius 2 is 1.67 bits per heavy atom. The molecule has 0 aliphatic carbocycles. The van der Waals surface area contributed by atoms with Crippen LogP contribution in [0.5, 0.6) is 0 Å². The summed E-state index contributed by atoms with van der Waals surface area (Å²) < 4.78 is 6.53. The molecule has 3 saturated heterocycles. The number of rotatable bonds is 3. The molecule has 27 heavy (non-hydrogen) atoms. The van der Waals surface area contributed by atoms with Gasteiger partial charge in [0.05, 0.1) is 0 Å². The summed E-state index contributed by atoms with van der Waals surface area (Å²) in [5.74, 6) is 0.182. The molecule has 0 bridgehead atoms. The monoisotopic (exact) mass is 436 g/mol. The number of nitrogens with one attached hydrogen (secondary N) is 2. The maximum absolute atomic E-state index is 12.9. The van der Waals surface area contributed by atoms with Gasteiger partial charge in [0.2, 0.25) is 5.91 Å². The summed E-state index contributed by atoms with van der Waals surface area (Å²) in [6.45, 7) is 3.01. The summed E-state index contributed by atoms with van der Waals surface area (Å²) in [5, 5.41) is 0. The normalized spacial score (nSPS) is 28.6. The number of carbonyl (C=O) groups excluding carboxylic acids is 2. The molecule has 3 fully saturated rings. The number of hydrazine groups is 1. The quantitative estimate of drug-likeness (QED) is 0.744. The van der Waals surface area contributed by atoms with E-state index in [0.717, 1.165) is 29.3 Å². The highest BCUT2D eigenvalue weighted by Crippen LogP contribution is 2.25. The average Bonchev–Trinajstić information content (AvgIpc) is 3.40. The number of piperazine rings is 1. The Bertz CT molecular complexity index is 685. The van der Waals surface area contributed by atoms with E-state index in [1.165, 1.54) is 0 Å². The SMILES string of the molecule is O=C(C1CC(c2ccc(Br)cc2)NN1)N1CCN(C(=O)C2CCCO2)CC1. The first-order valence-electron chi connectivity index (χ1n) is 9.57. The van der Waals surface area contributed by atoms with Crippen LogP contribution in [0.4, 0.5) is 0 Å². The van der Waals surface area contributed by atoms with Gasteiger partial charge in [0, 0.05) is 43.3 Å². The van der Waals surface area contributed by atoms with Crippen LogP contribution in [0, 0.1) is 0 Å². The highest BCUT2D eigenvalue weighted by atomic mass is 79.9. The zero-order valence-corrected chi connectivity index (χ0v) is 16.8. The van der Waals surface area contributed by atoms with E-state index < -0.39 is 0 Å². The van der Waals surface area contributed by atoms with Crippen LogP contribution in [-0.2, 0) is 14.3 Å². The van der Waals surface area contributed by atoms with Gasteiger partial charge in [-0.1, -0.05) is 28.1 Å². The van der Waals surface area contributed by atoms with E-state index in [2.05, 4.69) is 38.9 Å². The fraction of sp³-hybridized carbons (Fsp3) is 0.579. The fourth-order valence-electron chi connectivity index (χ4n) is 3.98. The molecule has 0 radical (unpaired) electrons. The summed E-state index contributed by atoms with van der Waals surface area (Å²) in [6, 6.07) is 8.03. The van der Waals surface area contributed by atoms with E-state index in [1.807, 2.05) is 21.9 Å². The Morgan fingerprint density at radius 3 is 2.30 bits per heavy atom. The van der Waals surface area contributed by atoms with Gasteiger partial charge in [-0.3, -0.25) is 9.59 Å². The molecule has 0 saturated carbocycles. The third-order valence-electron chi connectivity index (χ3n) is 5.58. The highest BCUT2D eigenvalue weighted by Gasteiger charge is 2.36. The van der Waals surface area contributed by atoms with Crippen LogP contribution in [0.25, 0.3) is 0 Å². The van der Waals surface area contributed by atoms with Gasteiger partial charge in [0.15, 0.2) is 0 Å². The van der Waals surface area contributed by atoms with Gasteiger partial charge in [-0.25, -0.2) is 10.9 Å². The minimum atomic E-state index is -0.278. The number of carbonyl (C=O) groups is 2. The van der Waals surface area contributed by atoms with Crippen LogP contribution in [0.1, 0.15) is 30.9 Å². The Labute approximate surface area is 167 Å². The minimum absolute atomic E-state index is 0.0792. The third-order valence-corrected chi connectivity index (χ3v) is 6.11. The first kappa shape index (κ1) is 18.9. The summed E-state index contributed by atoms with van der Waals surface area (Å²) in [7, 11) is 0. The molecule has 2 amide bonds. The number of benzene rings is 1. The summed E-state index contributed by atoms with van der Waals surface area (Å²) in [5.41, 5.74) is 7.53. The standard InChI is InChI=1S/C19H25BrN4O3/c20-14-5-3-13(4-6-14)15-12-16(22-21-15)18(25)23-7-9-24(10-8-23)19(26)17-2-1-11-27-17/h3-6,15-17,21-22H,1-2,7-12H2. The molecule has 3 heterocycles. The number of ether oxygens (including phenoxy) is 1. The molecule has 2 N–H and O–H groups in total. The number of hydrogen-bond acceptors (Lipinski definition) is 5. The summed E-state index contributed by atoms with van der Waals surface area (Å²) >= 11 is 3.44. The molecular weight excluding hydrogens is 412 g/mol. The highest BCUT2D eigenvalue weighted by molar-refractivity contribution is 9.10. The maximum Gasteiger partial charge on any atom is 0.251 e. The van der Waals surface area contributed by atoms with Crippen LogP contribution >= 0.6 is 15.9 Å². The Balaban J connectivity index is 1.28. The van der Waals surface area contributed by atoms with Gasteiger partial charge in [-0.15, -0.1) is 0 Å².